The number of imide groups is 1. The number of hydrogen-bond donors (Lipinski definition) is 0. The monoisotopic (exact) mass is 602 g/mol. The van der Waals surface area contributed by atoms with E-state index in [4.69, 9.17) is 13.8 Å². The van der Waals surface area contributed by atoms with Gasteiger partial charge in [-0.3, -0.25) is 14.5 Å². The highest BCUT2D eigenvalue weighted by atomic mass is 31.2. The summed E-state index contributed by atoms with van der Waals surface area (Å²) in [5.74, 6) is 0.307. The van der Waals surface area contributed by atoms with Crippen molar-refractivity contribution in [1.29, 1.82) is 0 Å². The summed E-state index contributed by atoms with van der Waals surface area (Å²) in [4.78, 5) is 30.3. The topological polar surface area (TPSA) is 68.3 Å². The van der Waals surface area contributed by atoms with Gasteiger partial charge in [-0.15, -0.1) is 0 Å². The molecule has 8 heteroatoms. The van der Waals surface area contributed by atoms with E-state index in [0.717, 1.165) is 60.2 Å². The van der Waals surface area contributed by atoms with Crippen LogP contribution < -0.4 is 14.9 Å². The third kappa shape index (κ3) is 7.91. The van der Waals surface area contributed by atoms with Gasteiger partial charge in [0, 0.05) is 23.2 Å². The molecule has 0 fully saturated rings. The van der Waals surface area contributed by atoms with E-state index >= 15 is 0 Å². The van der Waals surface area contributed by atoms with E-state index in [-0.39, 0.29) is 18.4 Å². The van der Waals surface area contributed by atoms with Crippen LogP contribution in [0.1, 0.15) is 71.9 Å². The van der Waals surface area contributed by atoms with E-state index in [0.29, 0.717) is 24.3 Å². The van der Waals surface area contributed by atoms with Crippen molar-refractivity contribution >= 4 is 31.2 Å². The van der Waals surface area contributed by atoms with E-state index < -0.39 is 8.38 Å². The first-order valence-electron chi connectivity index (χ1n) is 15.1. The summed E-state index contributed by atoms with van der Waals surface area (Å²) in [6.45, 7) is 10.3. The van der Waals surface area contributed by atoms with Gasteiger partial charge in [0.1, 0.15) is 5.75 Å². The number of anilines is 1. The molecule has 1 aliphatic rings. The van der Waals surface area contributed by atoms with Crippen molar-refractivity contribution in [3.8, 4) is 5.75 Å². The van der Waals surface area contributed by atoms with Crippen LogP contribution in [0.5, 0.6) is 5.75 Å². The lowest BCUT2D eigenvalue weighted by atomic mass is 10.1. The standard InChI is InChI=1S/C35H43N2O5P/c1-6-9-14-28(25-37-34(38)31-15-10-11-16-32(31)35(37)39)36(33-22-19-29(40-5)24-26(33)4)23-12-13-27-17-20-30(21-18-27)43(41-7-2)42-8-3/h10-11,14-22,24H,6-9,12-13,23,25H2,1-5H3/b28-14+. The average Bonchev–Trinajstić information content (AvgIpc) is 3.26. The minimum Gasteiger partial charge on any atom is -0.497 e. The number of unbranched alkanes of at least 4 members (excludes halogenated alkanes) is 1. The molecular weight excluding hydrogens is 559 g/mol. The van der Waals surface area contributed by atoms with E-state index in [2.05, 4.69) is 55.2 Å². The highest BCUT2D eigenvalue weighted by Gasteiger charge is 2.36. The lowest BCUT2D eigenvalue weighted by molar-refractivity contribution is 0.0667. The lowest BCUT2D eigenvalue weighted by Gasteiger charge is -2.31. The number of rotatable bonds is 16. The molecule has 0 saturated heterocycles. The van der Waals surface area contributed by atoms with Crippen LogP contribution in [0.4, 0.5) is 5.69 Å². The zero-order chi connectivity index (χ0) is 30.8. The number of nitrogens with zero attached hydrogens (tertiary/aromatic N) is 2. The molecule has 228 valence electrons. The van der Waals surface area contributed by atoms with E-state index in [9.17, 15) is 9.59 Å². The number of fused-ring (bicyclic) bond motifs is 1. The van der Waals surface area contributed by atoms with Crippen LogP contribution in [-0.4, -0.2) is 50.1 Å². The van der Waals surface area contributed by atoms with Crippen molar-refractivity contribution < 1.29 is 23.4 Å². The Balaban J connectivity index is 1.58. The number of ether oxygens (including phenoxy) is 1. The number of hydrogen-bond acceptors (Lipinski definition) is 6. The van der Waals surface area contributed by atoms with Crippen LogP contribution in [0.2, 0.25) is 0 Å². The Bertz CT molecular complexity index is 1380. The second-order valence-electron chi connectivity index (χ2n) is 10.4. The Morgan fingerprint density at radius 3 is 2.12 bits per heavy atom. The van der Waals surface area contributed by atoms with Crippen LogP contribution in [0.3, 0.4) is 0 Å². The van der Waals surface area contributed by atoms with Crippen molar-refractivity contribution in [3.05, 3.63) is 101 Å². The molecule has 0 atom stereocenters. The molecule has 0 unspecified atom stereocenters. The third-order valence-electron chi connectivity index (χ3n) is 7.40. The molecule has 0 aliphatic carbocycles. The number of carbonyl (C=O) groups is 2. The number of benzene rings is 3. The fraction of sp³-hybridized carbons (Fsp3) is 0.371. The Morgan fingerprint density at radius 1 is 0.907 bits per heavy atom. The Hall–Kier alpha value is -3.51. The molecule has 7 nitrogen and oxygen atoms in total. The van der Waals surface area contributed by atoms with Crippen LogP contribution in [0, 0.1) is 6.92 Å². The quantitative estimate of drug-likeness (QED) is 0.125. The molecule has 0 radical (unpaired) electrons. The Kier molecular flexibility index (Phi) is 11.9. The highest BCUT2D eigenvalue weighted by Crippen LogP contribution is 2.37. The lowest BCUT2D eigenvalue weighted by Crippen LogP contribution is -2.37. The SMILES string of the molecule is CCC/C=C(\CN1C(=O)c2ccccc2C1=O)N(CCCc1ccc(P(OCC)OCC)cc1)c1ccc(OC)cc1C. The van der Waals surface area contributed by atoms with Crippen LogP contribution >= 0.6 is 8.38 Å². The van der Waals surface area contributed by atoms with Gasteiger partial charge < -0.3 is 18.7 Å². The highest BCUT2D eigenvalue weighted by molar-refractivity contribution is 7.56. The molecule has 1 heterocycles. The summed E-state index contributed by atoms with van der Waals surface area (Å²) in [7, 11) is 0.603. The molecule has 3 aromatic carbocycles. The summed E-state index contributed by atoms with van der Waals surface area (Å²) in [6, 6.07) is 21.6. The molecule has 3 aromatic rings. The maximum atomic E-state index is 13.3. The predicted octanol–water partition coefficient (Wildman–Crippen LogP) is 7.43. The smallest absolute Gasteiger partial charge is 0.261 e. The fourth-order valence-electron chi connectivity index (χ4n) is 5.24. The first-order chi connectivity index (χ1) is 20.9. The van der Waals surface area contributed by atoms with Gasteiger partial charge in [0.2, 0.25) is 8.38 Å². The molecule has 0 saturated carbocycles. The maximum absolute atomic E-state index is 13.3. The number of carbonyl (C=O) groups excluding carboxylic acids is 2. The molecule has 0 N–H and O–H groups in total. The second kappa shape index (κ2) is 15.8. The predicted molar refractivity (Wildman–Crippen MR) is 174 cm³/mol. The number of aryl methyl sites for hydroxylation is 2. The van der Waals surface area contributed by atoms with Gasteiger partial charge in [-0.2, -0.15) is 0 Å². The summed E-state index contributed by atoms with van der Waals surface area (Å²) in [5.41, 5.74) is 5.21. The molecular formula is C35H43N2O5P. The summed E-state index contributed by atoms with van der Waals surface area (Å²) in [5, 5.41) is 1.07. The van der Waals surface area contributed by atoms with E-state index in [1.165, 1.54) is 10.5 Å². The second-order valence-corrected chi connectivity index (χ2v) is 11.9. The molecule has 0 spiro atoms. The van der Waals surface area contributed by atoms with Crippen molar-refractivity contribution in [2.45, 2.75) is 53.4 Å². The Morgan fingerprint density at radius 2 is 1.56 bits per heavy atom. The number of allylic oxidation sites excluding steroid dienone is 1. The molecule has 2 amide bonds. The summed E-state index contributed by atoms with van der Waals surface area (Å²) < 4.78 is 17.1. The fourth-order valence-corrected chi connectivity index (χ4v) is 6.47. The summed E-state index contributed by atoms with van der Waals surface area (Å²) in [6.07, 6.45) is 5.73. The molecule has 43 heavy (non-hydrogen) atoms. The first-order valence-corrected chi connectivity index (χ1v) is 16.3. The van der Waals surface area contributed by atoms with Crippen LogP contribution in [-0.2, 0) is 15.5 Å². The van der Waals surface area contributed by atoms with Gasteiger partial charge >= 0.3 is 0 Å². The molecule has 0 aromatic heterocycles. The van der Waals surface area contributed by atoms with Crippen molar-refractivity contribution in [2.24, 2.45) is 0 Å². The van der Waals surface area contributed by atoms with Gasteiger partial charge in [-0.1, -0.05) is 43.7 Å². The van der Waals surface area contributed by atoms with Gasteiger partial charge in [0.25, 0.3) is 11.8 Å². The zero-order valence-corrected chi connectivity index (χ0v) is 26.9. The van der Waals surface area contributed by atoms with E-state index in [1.807, 2.05) is 26.0 Å². The Labute approximate surface area is 257 Å². The molecule has 1 aliphatic heterocycles. The average molecular weight is 603 g/mol. The van der Waals surface area contributed by atoms with Gasteiger partial charge in [0.15, 0.2) is 0 Å². The van der Waals surface area contributed by atoms with Crippen LogP contribution in [0.25, 0.3) is 0 Å². The van der Waals surface area contributed by atoms with Gasteiger partial charge in [-0.25, -0.2) is 0 Å². The maximum Gasteiger partial charge on any atom is 0.261 e. The van der Waals surface area contributed by atoms with E-state index in [1.54, 1.807) is 31.4 Å². The zero-order valence-electron chi connectivity index (χ0n) is 26.0. The molecule has 4 rings (SSSR count). The summed E-state index contributed by atoms with van der Waals surface area (Å²) >= 11 is 0. The van der Waals surface area contributed by atoms with Crippen molar-refractivity contribution in [2.75, 3.05) is 38.3 Å². The first kappa shape index (κ1) is 32.4. The number of amides is 2. The van der Waals surface area contributed by atoms with Crippen molar-refractivity contribution in [3.63, 3.8) is 0 Å². The minimum atomic E-state index is -1.06. The van der Waals surface area contributed by atoms with Crippen LogP contribution in [0.15, 0.2) is 78.5 Å². The molecule has 0 bridgehead atoms. The number of methoxy groups -OCH3 is 1. The largest absolute Gasteiger partial charge is 0.497 e. The van der Waals surface area contributed by atoms with Crippen molar-refractivity contribution in [1.82, 2.24) is 4.90 Å². The van der Waals surface area contributed by atoms with Gasteiger partial charge in [-0.05, 0) is 93.6 Å². The normalized spacial score (nSPS) is 13.2. The third-order valence-corrected chi connectivity index (χ3v) is 9.10. The minimum absolute atomic E-state index is 0.213. The van der Waals surface area contributed by atoms with Gasteiger partial charge in [0.05, 0.1) is 38.0 Å².